The van der Waals surface area contributed by atoms with Crippen molar-refractivity contribution in [2.45, 2.75) is 0 Å². The second-order valence-corrected chi connectivity index (χ2v) is 16.8. The summed E-state index contributed by atoms with van der Waals surface area (Å²) in [6.45, 7) is 0. The van der Waals surface area contributed by atoms with Gasteiger partial charge < -0.3 is 51.1 Å². The van der Waals surface area contributed by atoms with Crippen molar-refractivity contribution in [1.29, 1.82) is 0 Å². The second-order valence-electron chi connectivity index (χ2n) is 16.8. The van der Waals surface area contributed by atoms with Gasteiger partial charge in [0.2, 0.25) is 0 Å². The SMILES string of the molecule is O=C(O)c1cc(C#Cc2ccc3c(-c4c(O)cc(C#Cc5cc(C(=O)O)cc(C(=O)O)c5)c5cc(C#Cc6cc(C(=O)O)cc(C(=O)O)c6)ccc45)c(O)cc(C#Cc4cc(C(=O)O)cc(C(=O)O)c4)c3c2)cc(C(=O)O)c1. The summed E-state index contributed by atoms with van der Waals surface area (Å²) in [7, 11) is 0. The van der Waals surface area contributed by atoms with E-state index in [-0.39, 0.29) is 122 Å². The van der Waals surface area contributed by atoms with Gasteiger partial charge in [-0.3, -0.25) is 0 Å². The fourth-order valence-electron chi connectivity index (χ4n) is 8.06. The number of rotatable bonds is 9. The normalized spacial score (nSPS) is 10.3. The van der Waals surface area contributed by atoms with Crippen LogP contribution in [0, 0.1) is 47.4 Å². The number of fused-ring (bicyclic) bond motifs is 2. The van der Waals surface area contributed by atoms with E-state index >= 15 is 0 Å². The maximum Gasteiger partial charge on any atom is 0.335 e. The van der Waals surface area contributed by atoms with E-state index in [2.05, 4.69) is 47.4 Å². The third-order valence-electron chi connectivity index (χ3n) is 11.6. The number of phenols is 2. The number of aromatic carboxylic acids is 8. The average molecular weight is 1040 g/mol. The summed E-state index contributed by atoms with van der Waals surface area (Å²) >= 11 is 0. The Balaban J connectivity index is 1.39. The molecular formula is C60H30O18. The van der Waals surface area contributed by atoms with Gasteiger partial charge in [-0.15, -0.1) is 0 Å². The zero-order valence-electron chi connectivity index (χ0n) is 39.3. The highest BCUT2D eigenvalue weighted by Crippen LogP contribution is 2.47. The Bertz CT molecular complexity index is 3940. The van der Waals surface area contributed by atoms with Crippen LogP contribution >= 0.6 is 0 Å². The van der Waals surface area contributed by atoms with Crippen LogP contribution in [0.1, 0.15) is 127 Å². The first kappa shape index (κ1) is 52.2. The first-order valence-corrected chi connectivity index (χ1v) is 22.2. The van der Waals surface area contributed by atoms with Crippen LogP contribution in [0.3, 0.4) is 0 Å². The fourth-order valence-corrected chi connectivity index (χ4v) is 8.06. The number of carboxylic acids is 8. The Labute approximate surface area is 437 Å². The average Bonchev–Trinajstić information content (AvgIpc) is 3.49. The smallest absolute Gasteiger partial charge is 0.335 e. The molecule has 0 saturated heterocycles. The van der Waals surface area contributed by atoms with Gasteiger partial charge in [0, 0.05) is 55.6 Å². The van der Waals surface area contributed by atoms with Crippen LogP contribution in [0.15, 0.2) is 121 Å². The number of hydrogen-bond donors (Lipinski definition) is 10. The highest BCUT2D eigenvalue weighted by Gasteiger charge is 2.22. The molecule has 0 heterocycles. The number of carbonyl (C=O) groups is 8. The zero-order chi connectivity index (χ0) is 56.3. The van der Waals surface area contributed by atoms with E-state index in [4.69, 9.17) is 0 Å². The van der Waals surface area contributed by atoms with Gasteiger partial charge >= 0.3 is 47.8 Å². The molecule has 0 bridgehead atoms. The van der Waals surface area contributed by atoms with E-state index in [1.165, 1.54) is 48.5 Å². The minimum atomic E-state index is -1.44. The summed E-state index contributed by atoms with van der Waals surface area (Å²) < 4.78 is 0. The van der Waals surface area contributed by atoms with Crippen molar-refractivity contribution in [1.82, 2.24) is 0 Å². The van der Waals surface area contributed by atoms with Crippen LogP contribution in [0.25, 0.3) is 32.7 Å². The molecule has 0 aliphatic carbocycles. The minimum Gasteiger partial charge on any atom is -0.507 e. The van der Waals surface area contributed by atoms with Crippen LogP contribution in [0.4, 0.5) is 0 Å². The molecule has 78 heavy (non-hydrogen) atoms. The first-order chi connectivity index (χ1) is 37.0. The number of phenolic OH excluding ortho intramolecular Hbond substituents is 2. The van der Waals surface area contributed by atoms with E-state index < -0.39 is 59.3 Å². The summed E-state index contributed by atoms with van der Waals surface area (Å²) in [5.41, 5.74) is -2.49. The molecule has 0 fully saturated rings. The summed E-state index contributed by atoms with van der Waals surface area (Å²) in [4.78, 5) is 95.1. The predicted octanol–water partition coefficient (Wildman–Crippen LogP) is 8.26. The van der Waals surface area contributed by atoms with Gasteiger partial charge in [-0.2, -0.15) is 0 Å². The van der Waals surface area contributed by atoms with Crippen LogP contribution in [0.5, 0.6) is 11.5 Å². The van der Waals surface area contributed by atoms with Gasteiger partial charge in [0.1, 0.15) is 11.5 Å². The largest absolute Gasteiger partial charge is 0.507 e. The fraction of sp³-hybridized carbons (Fsp3) is 0. The monoisotopic (exact) mass is 1040 g/mol. The summed E-state index contributed by atoms with van der Waals surface area (Å²) in [6, 6.07) is 24.4. The molecule has 10 N–H and O–H groups in total. The molecule has 0 aliphatic rings. The molecule has 18 nitrogen and oxygen atoms in total. The van der Waals surface area contributed by atoms with Crippen LogP contribution in [0.2, 0.25) is 0 Å². The lowest BCUT2D eigenvalue weighted by molar-refractivity contribution is 0.0676. The van der Waals surface area contributed by atoms with Crippen molar-refractivity contribution in [3.05, 3.63) is 210 Å². The van der Waals surface area contributed by atoms with Gasteiger partial charge in [-0.25, -0.2) is 38.4 Å². The Morgan fingerprint density at radius 1 is 0.244 bits per heavy atom. The lowest BCUT2D eigenvalue weighted by Crippen LogP contribution is -2.03. The topological polar surface area (TPSA) is 339 Å². The van der Waals surface area contributed by atoms with E-state index in [1.54, 1.807) is 0 Å². The molecule has 0 spiro atoms. The molecule has 0 amide bonds. The van der Waals surface area contributed by atoms with Gasteiger partial charge in [-0.05, 0) is 131 Å². The van der Waals surface area contributed by atoms with Gasteiger partial charge in [-0.1, -0.05) is 59.5 Å². The second kappa shape index (κ2) is 21.2. The maximum atomic E-state index is 12.1. The van der Waals surface area contributed by atoms with Crippen LogP contribution < -0.4 is 0 Å². The van der Waals surface area contributed by atoms with E-state index in [1.807, 2.05) is 0 Å². The number of carboxylic acid groups (broad SMARTS) is 8. The molecule has 8 aromatic rings. The Morgan fingerprint density at radius 2 is 0.462 bits per heavy atom. The quantitative estimate of drug-likeness (QED) is 0.0608. The Kier molecular flexibility index (Phi) is 14.2. The molecule has 18 heteroatoms. The number of hydrogen-bond acceptors (Lipinski definition) is 10. The zero-order valence-corrected chi connectivity index (χ0v) is 39.3. The Hall–Kier alpha value is -12.1. The summed E-state index contributed by atoms with van der Waals surface area (Å²) in [6.07, 6.45) is 0. The molecule has 8 rings (SSSR count). The Morgan fingerprint density at radius 3 is 0.692 bits per heavy atom. The molecule has 8 aromatic carbocycles. The standard InChI is InChI=1S/C60H30O18/c61-49-27-35(9-5-33-17-41(57(71)72)25-42(18-33)58(73)74)47-21-29(1-3-31-13-37(53(63)64)23-38(14-31)54(65)66)7-11-45(47)51(49)52-46-12-8-30(2-4-32-15-39(55(67)68)24-40(16-32)56(69)70)22-48(46)36(28-50(52)62)10-6-34-19-43(59(75)76)26-44(20-34)60(77)78/h7-8,11-28,61-62H,(H,63,64)(H,65,66)(H,67,68)(H,69,70)(H,71,72)(H,73,74)(H,75,76)(H,77,78). The van der Waals surface area contributed by atoms with E-state index in [0.717, 1.165) is 72.8 Å². The van der Waals surface area contributed by atoms with Crippen molar-refractivity contribution in [2.24, 2.45) is 0 Å². The van der Waals surface area contributed by atoms with E-state index in [0.29, 0.717) is 0 Å². The maximum absolute atomic E-state index is 12.1. The molecule has 378 valence electrons. The van der Waals surface area contributed by atoms with Gasteiger partial charge in [0.05, 0.1) is 44.5 Å². The van der Waals surface area contributed by atoms with Gasteiger partial charge in [0.25, 0.3) is 0 Å². The molecule has 0 unspecified atom stereocenters. The van der Waals surface area contributed by atoms with Crippen molar-refractivity contribution < 1.29 is 89.4 Å². The van der Waals surface area contributed by atoms with Crippen molar-refractivity contribution in [2.75, 3.05) is 0 Å². The molecular weight excluding hydrogens is 1010 g/mol. The first-order valence-electron chi connectivity index (χ1n) is 22.2. The molecule has 0 saturated carbocycles. The van der Waals surface area contributed by atoms with Crippen LogP contribution in [-0.4, -0.2) is 98.8 Å². The molecule has 0 atom stereocenters. The highest BCUT2D eigenvalue weighted by molar-refractivity contribution is 6.13. The number of benzene rings is 8. The molecule has 0 aliphatic heterocycles. The summed E-state index contributed by atoms with van der Waals surface area (Å²) in [5.74, 6) is 10.1. The van der Waals surface area contributed by atoms with Gasteiger partial charge in [0.15, 0.2) is 0 Å². The third-order valence-corrected chi connectivity index (χ3v) is 11.6. The minimum absolute atomic E-state index is 0.0192. The predicted molar refractivity (Wildman–Crippen MR) is 276 cm³/mol. The molecule has 0 aromatic heterocycles. The highest BCUT2D eigenvalue weighted by atomic mass is 16.4. The van der Waals surface area contributed by atoms with E-state index in [9.17, 15) is 89.4 Å². The lowest BCUT2D eigenvalue weighted by atomic mass is 9.88. The third kappa shape index (κ3) is 11.2. The van der Waals surface area contributed by atoms with Crippen LogP contribution in [-0.2, 0) is 0 Å². The van der Waals surface area contributed by atoms with Crippen molar-refractivity contribution in [3.63, 3.8) is 0 Å². The number of aromatic hydroxyl groups is 2. The van der Waals surface area contributed by atoms with Crippen molar-refractivity contribution in [3.8, 4) is 70.0 Å². The molecule has 0 radical (unpaired) electrons. The summed E-state index contributed by atoms with van der Waals surface area (Å²) in [5, 5.41) is 102. The lowest BCUT2D eigenvalue weighted by Gasteiger charge is -2.17. The van der Waals surface area contributed by atoms with Crippen molar-refractivity contribution >= 4 is 69.3 Å².